The number of methoxy groups -OCH3 is 1. The van der Waals surface area contributed by atoms with Crippen molar-refractivity contribution in [3.8, 4) is 5.75 Å². The largest absolute Gasteiger partial charge is 0.497 e. The fourth-order valence-corrected chi connectivity index (χ4v) is 4.44. The van der Waals surface area contributed by atoms with Crippen molar-refractivity contribution in [3.05, 3.63) is 48.7 Å². The third-order valence-electron chi connectivity index (χ3n) is 6.82. The highest BCUT2D eigenvalue weighted by atomic mass is 79.9. The van der Waals surface area contributed by atoms with Gasteiger partial charge in [-0.1, -0.05) is 59.5 Å². The van der Waals surface area contributed by atoms with Gasteiger partial charge in [0.15, 0.2) is 0 Å². The zero-order chi connectivity index (χ0) is 28.0. The Labute approximate surface area is 267 Å². The summed E-state index contributed by atoms with van der Waals surface area (Å²) in [5.74, 6) is 2.01. The fourth-order valence-electron chi connectivity index (χ4n) is 4.44. The normalized spacial score (nSPS) is 20.6. The second-order valence-electron chi connectivity index (χ2n) is 9.42. The van der Waals surface area contributed by atoms with E-state index < -0.39 is 16.5 Å². The minimum atomic E-state index is -4.67. The molecule has 5 atom stereocenters. The molecule has 0 radical (unpaired) electrons. The second-order valence-corrected chi connectivity index (χ2v) is 10.3. The summed E-state index contributed by atoms with van der Waals surface area (Å²) in [5.41, 5.74) is 1.85. The van der Waals surface area contributed by atoms with Crippen molar-refractivity contribution in [2.45, 2.75) is 78.4 Å². The summed E-state index contributed by atoms with van der Waals surface area (Å²) >= 11 is 0. The number of benzene rings is 1. The number of rotatable bonds is 6. The van der Waals surface area contributed by atoms with Crippen LogP contribution >= 0.6 is 34.0 Å². The van der Waals surface area contributed by atoms with E-state index in [4.69, 9.17) is 22.3 Å². The first-order valence-corrected chi connectivity index (χ1v) is 14.6. The number of unbranched alkanes of at least 4 members (excludes halogenated alkanes) is 2. The van der Waals surface area contributed by atoms with Crippen LogP contribution in [0.2, 0.25) is 0 Å². The van der Waals surface area contributed by atoms with Gasteiger partial charge in [0.05, 0.1) is 18.7 Å². The molecule has 1 aromatic carbocycles. The van der Waals surface area contributed by atoms with Gasteiger partial charge in [-0.15, -0.1) is 40.5 Å². The van der Waals surface area contributed by atoms with Crippen LogP contribution in [-0.4, -0.2) is 69.7 Å². The maximum Gasteiger partial charge on any atom is 0.394 e. The Hall–Kier alpha value is -1.16. The summed E-state index contributed by atoms with van der Waals surface area (Å²) in [4.78, 5) is 6.86. The van der Waals surface area contributed by atoms with Gasteiger partial charge >= 0.3 is 10.4 Å². The van der Waals surface area contributed by atoms with Gasteiger partial charge in [0.25, 0.3) is 0 Å². The Morgan fingerprint density at radius 2 is 1.61 bits per heavy atom. The lowest BCUT2D eigenvalue weighted by molar-refractivity contribution is -0.0444. The minimum absolute atomic E-state index is 0. The summed E-state index contributed by atoms with van der Waals surface area (Å²) in [5, 5.41) is 12.1. The molecule has 2 unspecified atom stereocenters. The molecule has 2 aromatic rings. The van der Waals surface area contributed by atoms with Crippen LogP contribution in [0.5, 0.6) is 5.75 Å². The number of halogens is 2. The van der Waals surface area contributed by atoms with E-state index in [2.05, 4.69) is 50.2 Å². The highest BCUT2D eigenvalue weighted by molar-refractivity contribution is 8.93. The van der Waals surface area contributed by atoms with Crippen LogP contribution in [0.15, 0.2) is 43.1 Å². The number of pyridine rings is 1. The van der Waals surface area contributed by atoms with Crippen molar-refractivity contribution in [1.82, 2.24) is 9.88 Å². The van der Waals surface area contributed by atoms with Crippen molar-refractivity contribution in [3.63, 3.8) is 0 Å². The Morgan fingerprint density at radius 3 is 2.02 bits per heavy atom. The Balaban J connectivity index is -0.000000344. The number of nitrogens with zero attached hydrogens (tertiary/aromatic N) is 2. The summed E-state index contributed by atoms with van der Waals surface area (Å²) < 4.78 is 36.9. The highest BCUT2D eigenvalue weighted by Gasteiger charge is 2.42. The van der Waals surface area contributed by atoms with Crippen molar-refractivity contribution in [2.24, 2.45) is 11.8 Å². The minimum Gasteiger partial charge on any atom is -0.497 e. The quantitative estimate of drug-likeness (QED) is 0.252. The first kappa shape index (κ1) is 46.8. The lowest BCUT2D eigenvalue weighted by atomic mass is 9.73. The van der Waals surface area contributed by atoms with Gasteiger partial charge in [-0.05, 0) is 61.1 Å². The lowest BCUT2D eigenvalue weighted by Crippen LogP contribution is -2.54. The Bertz CT molecular complexity index is 1050. The number of ether oxygens (including phenoxy) is 1. The van der Waals surface area contributed by atoms with E-state index in [9.17, 15) is 5.11 Å². The molecule has 3 saturated heterocycles. The van der Waals surface area contributed by atoms with Crippen molar-refractivity contribution >= 4 is 55.3 Å². The summed E-state index contributed by atoms with van der Waals surface area (Å²) in [6.45, 7) is 14.8. The van der Waals surface area contributed by atoms with E-state index in [1.807, 2.05) is 24.3 Å². The van der Waals surface area contributed by atoms with Gasteiger partial charge in [-0.25, -0.2) is 0 Å². The topological polar surface area (TPSA) is 183 Å². The van der Waals surface area contributed by atoms with Gasteiger partial charge in [0.2, 0.25) is 0 Å². The van der Waals surface area contributed by atoms with Crippen LogP contribution in [0.25, 0.3) is 10.9 Å². The second kappa shape index (κ2) is 24.3. The number of piperidine rings is 3. The van der Waals surface area contributed by atoms with E-state index in [1.165, 1.54) is 32.1 Å². The molecule has 4 heterocycles. The monoisotopic (exact) mass is 734 g/mol. The van der Waals surface area contributed by atoms with Crippen LogP contribution in [-0.2, 0) is 10.4 Å². The van der Waals surface area contributed by atoms with Crippen LogP contribution in [0, 0.1) is 11.8 Å². The van der Waals surface area contributed by atoms with E-state index in [-0.39, 0.29) is 51.0 Å². The first-order valence-electron chi connectivity index (χ1n) is 13.2. The molecule has 5 rings (SSSR count). The molecule has 0 aliphatic carbocycles. The predicted molar refractivity (Wildman–Crippen MR) is 178 cm³/mol. The van der Waals surface area contributed by atoms with Gasteiger partial charge in [0.1, 0.15) is 5.75 Å². The third-order valence-corrected chi connectivity index (χ3v) is 6.82. The zero-order valence-electron chi connectivity index (χ0n) is 24.8. The van der Waals surface area contributed by atoms with Gasteiger partial charge in [-0.2, -0.15) is 8.42 Å². The molecule has 7 N–H and O–H groups in total. The van der Waals surface area contributed by atoms with Crippen LogP contribution in [0.4, 0.5) is 0 Å². The van der Waals surface area contributed by atoms with Gasteiger partial charge < -0.3 is 20.8 Å². The van der Waals surface area contributed by atoms with E-state index in [1.54, 1.807) is 13.3 Å². The van der Waals surface area contributed by atoms with Crippen molar-refractivity contribution < 1.29 is 38.3 Å². The molecule has 0 spiro atoms. The van der Waals surface area contributed by atoms with Gasteiger partial charge in [0, 0.05) is 24.2 Å². The van der Waals surface area contributed by atoms with E-state index in [0.717, 1.165) is 41.7 Å². The molecular formula is C28H52Br2N2O8S. The smallest absolute Gasteiger partial charge is 0.394 e. The maximum absolute atomic E-state index is 11.2. The van der Waals surface area contributed by atoms with Crippen LogP contribution < -0.4 is 4.74 Å². The standard InChI is InChI=1S/C20H24N2O2.2C4H10.2BrH.H2O4S.2H2O/c1-3-13-12-22-9-7-14(13)10-19(22)20(23)16-6-8-21-18-5-4-15(24-2)11-17(16)18;2*1-3-4-2;;;1-5(2,3)4;;/h3-6,8,11,13-14,19-20,23H,1,7,9-10,12H2,2H3;2*3-4H2,1-2H3;2*1H;(H2,1,2,3,4);2*1H2/t13-,14?,19-,20+;;;;;;;/m0......./s1. The number of aliphatic hydroxyl groups excluding tert-OH is 1. The zero-order valence-corrected chi connectivity index (χ0v) is 29.1. The van der Waals surface area contributed by atoms with Crippen molar-refractivity contribution in [1.29, 1.82) is 0 Å². The molecule has 0 amide bonds. The fraction of sp³-hybridized carbons (Fsp3) is 0.607. The predicted octanol–water partition coefficient (Wildman–Crippen LogP) is 5.64. The molecule has 13 heteroatoms. The van der Waals surface area contributed by atoms with Crippen LogP contribution in [0.1, 0.15) is 77.9 Å². The van der Waals surface area contributed by atoms with E-state index in [0.29, 0.717) is 11.8 Å². The SMILES string of the molecule is Br.Br.C=C[C@H]1CN2CCC1C[C@H]2[C@H](O)c1ccnc2ccc(OC)cc12.CCCC.CCCC.O.O.O=S(=O)(O)O. The van der Waals surface area contributed by atoms with Crippen molar-refractivity contribution in [2.75, 3.05) is 20.2 Å². The Morgan fingerprint density at radius 1 is 1.07 bits per heavy atom. The molecule has 0 saturated carbocycles. The summed E-state index contributed by atoms with van der Waals surface area (Å²) in [6, 6.07) is 7.96. The molecule has 1 aromatic heterocycles. The average molecular weight is 737 g/mol. The number of hydrogen-bond acceptors (Lipinski definition) is 6. The molecule has 3 aliphatic heterocycles. The Kier molecular flexibility index (Phi) is 27.7. The number of hydrogen-bond donors (Lipinski definition) is 3. The average Bonchev–Trinajstić information content (AvgIpc) is 2.91. The molecule has 10 nitrogen and oxygen atoms in total. The molecule has 41 heavy (non-hydrogen) atoms. The molecule has 3 aliphatic rings. The van der Waals surface area contributed by atoms with Crippen LogP contribution in [0.3, 0.4) is 0 Å². The maximum atomic E-state index is 11.2. The number of aromatic nitrogens is 1. The molecule has 3 fully saturated rings. The molecule has 242 valence electrons. The first-order chi connectivity index (χ1) is 17.5. The number of aliphatic hydroxyl groups is 1. The van der Waals surface area contributed by atoms with E-state index >= 15 is 0 Å². The molecular weight excluding hydrogens is 684 g/mol. The molecule has 2 bridgehead atoms. The summed E-state index contributed by atoms with van der Waals surface area (Å²) in [6.07, 6.45) is 10.9. The highest BCUT2D eigenvalue weighted by Crippen LogP contribution is 2.42. The van der Waals surface area contributed by atoms with Gasteiger partial charge in [-0.3, -0.25) is 19.0 Å². The summed E-state index contributed by atoms with van der Waals surface area (Å²) in [7, 11) is -3.01. The lowest BCUT2D eigenvalue weighted by Gasteiger charge is -2.50. The number of fused-ring (bicyclic) bond motifs is 4. The third kappa shape index (κ3) is 16.3.